The van der Waals surface area contributed by atoms with Crippen molar-refractivity contribution in [1.82, 2.24) is 9.78 Å². The summed E-state index contributed by atoms with van der Waals surface area (Å²) in [6.07, 6.45) is 6.22. The number of halogens is 2. The van der Waals surface area contributed by atoms with Crippen molar-refractivity contribution < 1.29 is 0 Å². The molecule has 0 atom stereocenters. The van der Waals surface area contributed by atoms with Crippen LogP contribution in [0.2, 0.25) is 10.0 Å². The molecule has 0 aliphatic heterocycles. The van der Waals surface area contributed by atoms with Gasteiger partial charge in [-0.25, -0.2) is 0 Å². The molecule has 2 aromatic rings. The van der Waals surface area contributed by atoms with Crippen LogP contribution in [0.4, 0.5) is 5.82 Å². The van der Waals surface area contributed by atoms with E-state index in [2.05, 4.69) is 5.10 Å². The molecule has 1 aliphatic carbocycles. The first-order valence-corrected chi connectivity index (χ1v) is 8.11. The maximum absolute atomic E-state index is 6.25. The van der Waals surface area contributed by atoms with E-state index in [-0.39, 0.29) is 0 Å². The molecule has 3 rings (SSSR count). The molecule has 1 aromatic carbocycles. The summed E-state index contributed by atoms with van der Waals surface area (Å²) in [5.41, 5.74) is 9.37. The van der Waals surface area contributed by atoms with Crippen LogP contribution in [-0.4, -0.2) is 9.78 Å². The lowest BCUT2D eigenvalue weighted by Gasteiger charge is -2.21. The highest BCUT2D eigenvalue weighted by Gasteiger charge is 2.25. The highest BCUT2D eigenvalue weighted by molar-refractivity contribution is 6.42. The highest BCUT2D eigenvalue weighted by atomic mass is 35.5. The van der Waals surface area contributed by atoms with Gasteiger partial charge in [-0.3, -0.25) is 4.68 Å². The smallest absolute Gasteiger partial charge is 0.129 e. The zero-order chi connectivity index (χ0) is 15.0. The Morgan fingerprint density at radius 3 is 2.52 bits per heavy atom. The number of anilines is 1. The fourth-order valence-corrected chi connectivity index (χ4v) is 3.47. The molecule has 1 aromatic heterocycles. The average Bonchev–Trinajstić information content (AvgIpc) is 2.79. The number of benzene rings is 1. The summed E-state index contributed by atoms with van der Waals surface area (Å²) in [5, 5.41) is 5.78. The molecule has 1 saturated carbocycles. The van der Waals surface area contributed by atoms with Crippen LogP contribution < -0.4 is 5.73 Å². The molecule has 112 valence electrons. The van der Waals surface area contributed by atoms with Gasteiger partial charge in [0.2, 0.25) is 0 Å². The average molecular weight is 324 g/mol. The Morgan fingerprint density at radius 2 is 1.86 bits per heavy atom. The van der Waals surface area contributed by atoms with E-state index >= 15 is 0 Å². The number of nitrogen functional groups attached to an aromatic ring is 1. The van der Waals surface area contributed by atoms with Crippen molar-refractivity contribution in [3.05, 3.63) is 33.9 Å². The fraction of sp³-hybridized carbons (Fsp3) is 0.438. The topological polar surface area (TPSA) is 43.8 Å². The van der Waals surface area contributed by atoms with Gasteiger partial charge in [-0.2, -0.15) is 5.10 Å². The van der Waals surface area contributed by atoms with Gasteiger partial charge in [0.05, 0.1) is 15.7 Å². The standard InChI is InChI=1S/C16H19Cl2N3/c1-21-16(19)14(11-7-8-12(17)13(18)9-11)15(20-21)10-5-3-2-4-6-10/h7-10H,2-6,19H2,1H3. The number of rotatable bonds is 2. The predicted molar refractivity (Wildman–Crippen MR) is 88.9 cm³/mol. The molecule has 5 heteroatoms. The number of aromatic nitrogens is 2. The third kappa shape index (κ3) is 2.77. The molecule has 0 saturated heterocycles. The van der Waals surface area contributed by atoms with Gasteiger partial charge in [0, 0.05) is 18.5 Å². The molecular formula is C16H19Cl2N3. The van der Waals surface area contributed by atoms with E-state index in [1.54, 1.807) is 4.68 Å². The van der Waals surface area contributed by atoms with Crippen LogP contribution in [0.25, 0.3) is 11.1 Å². The van der Waals surface area contributed by atoms with E-state index in [1.807, 2.05) is 25.2 Å². The minimum absolute atomic E-state index is 0.492. The minimum atomic E-state index is 0.492. The van der Waals surface area contributed by atoms with Crippen LogP contribution in [0, 0.1) is 0 Å². The summed E-state index contributed by atoms with van der Waals surface area (Å²) in [6.45, 7) is 0. The third-order valence-electron chi connectivity index (χ3n) is 4.32. The van der Waals surface area contributed by atoms with E-state index in [9.17, 15) is 0 Å². The number of nitrogens with zero attached hydrogens (tertiary/aromatic N) is 2. The van der Waals surface area contributed by atoms with Crippen molar-refractivity contribution in [2.75, 3.05) is 5.73 Å². The second-order valence-electron chi connectivity index (χ2n) is 5.73. The van der Waals surface area contributed by atoms with Crippen LogP contribution in [0.3, 0.4) is 0 Å². The fourth-order valence-electron chi connectivity index (χ4n) is 3.17. The number of hydrogen-bond acceptors (Lipinski definition) is 2. The second-order valence-corrected chi connectivity index (χ2v) is 6.55. The monoisotopic (exact) mass is 323 g/mol. The first kappa shape index (κ1) is 14.7. The van der Waals surface area contributed by atoms with Crippen LogP contribution in [0.1, 0.15) is 43.7 Å². The molecular weight excluding hydrogens is 305 g/mol. The Labute approximate surface area is 135 Å². The molecule has 1 fully saturated rings. The van der Waals surface area contributed by atoms with Gasteiger partial charge in [0.15, 0.2) is 0 Å². The maximum Gasteiger partial charge on any atom is 0.129 e. The van der Waals surface area contributed by atoms with Gasteiger partial charge in [0.1, 0.15) is 5.82 Å². The van der Waals surface area contributed by atoms with E-state index < -0.39 is 0 Å². The Bertz CT molecular complexity index is 658. The molecule has 0 spiro atoms. The van der Waals surface area contributed by atoms with Crippen LogP contribution in [-0.2, 0) is 7.05 Å². The van der Waals surface area contributed by atoms with Crippen LogP contribution in [0.15, 0.2) is 18.2 Å². The molecule has 3 nitrogen and oxygen atoms in total. The Morgan fingerprint density at radius 1 is 1.14 bits per heavy atom. The summed E-state index contributed by atoms with van der Waals surface area (Å²) in [4.78, 5) is 0. The number of aryl methyl sites for hydroxylation is 1. The minimum Gasteiger partial charge on any atom is -0.383 e. The first-order valence-electron chi connectivity index (χ1n) is 7.35. The molecule has 2 N–H and O–H groups in total. The van der Waals surface area contributed by atoms with Gasteiger partial charge in [-0.1, -0.05) is 48.5 Å². The van der Waals surface area contributed by atoms with Gasteiger partial charge < -0.3 is 5.73 Å². The zero-order valence-electron chi connectivity index (χ0n) is 12.1. The van der Waals surface area contributed by atoms with Crippen LogP contribution in [0.5, 0.6) is 0 Å². The first-order chi connectivity index (χ1) is 10.1. The predicted octanol–water partition coefficient (Wildman–Crippen LogP) is 5.02. The normalized spacial score (nSPS) is 16.3. The Balaban J connectivity index is 2.09. The SMILES string of the molecule is Cn1nc(C2CCCCC2)c(-c2ccc(Cl)c(Cl)c2)c1N. The quantitative estimate of drug-likeness (QED) is 0.842. The Hall–Kier alpha value is -1.19. The lowest BCUT2D eigenvalue weighted by Crippen LogP contribution is -2.06. The summed E-state index contributed by atoms with van der Waals surface area (Å²) in [6, 6.07) is 5.66. The zero-order valence-corrected chi connectivity index (χ0v) is 13.6. The summed E-state index contributed by atoms with van der Waals surface area (Å²) in [7, 11) is 1.89. The number of nitrogens with two attached hydrogens (primary N) is 1. The molecule has 0 radical (unpaired) electrons. The van der Waals surface area contributed by atoms with Gasteiger partial charge in [0.25, 0.3) is 0 Å². The lowest BCUT2D eigenvalue weighted by molar-refractivity contribution is 0.434. The van der Waals surface area contributed by atoms with E-state index in [1.165, 1.54) is 32.1 Å². The van der Waals surface area contributed by atoms with Crippen molar-refractivity contribution >= 4 is 29.0 Å². The lowest BCUT2D eigenvalue weighted by atomic mass is 9.84. The van der Waals surface area contributed by atoms with Crippen molar-refractivity contribution in [1.29, 1.82) is 0 Å². The second kappa shape index (κ2) is 5.90. The molecule has 0 bridgehead atoms. The van der Waals surface area contributed by atoms with Crippen molar-refractivity contribution in [2.24, 2.45) is 7.05 Å². The molecule has 1 aliphatic rings. The van der Waals surface area contributed by atoms with E-state index in [0.717, 1.165) is 16.8 Å². The molecule has 0 amide bonds. The third-order valence-corrected chi connectivity index (χ3v) is 5.06. The maximum atomic E-state index is 6.25. The van der Waals surface area contributed by atoms with Crippen molar-refractivity contribution in [2.45, 2.75) is 38.0 Å². The van der Waals surface area contributed by atoms with Gasteiger partial charge >= 0.3 is 0 Å². The van der Waals surface area contributed by atoms with Crippen molar-refractivity contribution in [3.63, 3.8) is 0 Å². The molecule has 21 heavy (non-hydrogen) atoms. The molecule has 0 unspecified atom stereocenters. The van der Waals surface area contributed by atoms with Gasteiger partial charge in [-0.05, 0) is 30.5 Å². The summed E-state index contributed by atoms with van der Waals surface area (Å²) < 4.78 is 1.77. The molecule has 1 heterocycles. The van der Waals surface area contributed by atoms with Gasteiger partial charge in [-0.15, -0.1) is 0 Å². The van der Waals surface area contributed by atoms with Crippen molar-refractivity contribution in [3.8, 4) is 11.1 Å². The summed E-state index contributed by atoms with van der Waals surface area (Å²) in [5.74, 6) is 1.18. The van der Waals surface area contributed by atoms with Crippen LogP contribution >= 0.6 is 23.2 Å². The highest BCUT2D eigenvalue weighted by Crippen LogP contribution is 2.41. The Kier molecular flexibility index (Phi) is 4.14. The van der Waals surface area contributed by atoms with E-state index in [0.29, 0.717) is 21.8 Å². The largest absolute Gasteiger partial charge is 0.383 e. The summed E-state index contributed by atoms with van der Waals surface area (Å²) >= 11 is 12.2. The number of hydrogen-bond donors (Lipinski definition) is 1. The van der Waals surface area contributed by atoms with E-state index in [4.69, 9.17) is 28.9 Å².